The summed E-state index contributed by atoms with van der Waals surface area (Å²) < 4.78 is 59.1. The molecule has 0 radical (unpaired) electrons. The molecule has 1 heterocycles. The van der Waals surface area contributed by atoms with Gasteiger partial charge in [-0.15, -0.1) is 0 Å². The summed E-state index contributed by atoms with van der Waals surface area (Å²) in [7, 11) is -5.68. The Labute approximate surface area is 203 Å². The number of ether oxygens (including phenoxy) is 1. The molecule has 0 spiro atoms. The maximum Gasteiger partial charge on any atom is 0.428 e. The van der Waals surface area contributed by atoms with Crippen LogP contribution in [0.2, 0.25) is 5.02 Å². The van der Waals surface area contributed by atoms with E-state index in [0.717, 1.165) is 23.1 Å². The minimum absolute atomic E-state index is 0.280. The first-order valence-electron chi connectivity index (χ1n) is 9.98. The molecule has 2 rings (SSSR count). The van der Waals surface area contributed by atoms with Crippen LogP contribution in [0.5, 0.6) is 0 Å². The van der Waals surface area contributed by atoms with Gasteiger partial charge in [0, 0.05) is 15.9 Å². The summed E-state index contributed by atoms with van der Waals surface area (Å²) in [6.45, 7) is -0.336. The Morgan fingerprint density at radius 1 is 1.09 bits per heavy atom. The normalized spacial score (nSPS) is 14.9. The highest BCUT2D eigenvalue weighted by atomic mass is 79.9. The highest BCUT2D eigenvalue weighted by Crippen LogP contribution is 2.22. The van der Waals surface area contributed by atoms with Gasteiger partial charge in [-0.2, -0.15) is 8.78 Å². The highest BCUT2D eigenvalue weighted by molar-refractivity contribution is 9.09. The summed E-state index contributed by atoms with van der Waals surface area (Å²) in [5.41, 5.74) is 0.808. The summed E-state index contributed by atoms with van der Waals surface area (Å²) >= 11 is 8.94. The predicted molar refractivity (Wildman–Crippen MR) is 125 cm³/mol. The second-order valence-corrected chi connectivity index (χ2v) is 12.0. The van der Waals surface area contributed by atoms with E-state index in [0.29, 0.717) is 28.8 Å². The fraction of sp³-hybridized carbons (Fsp3) is 0.600. The van der Waals surface area contributed by atoms with Gasteiger partial charge in [0.05, 0.1) is 6.61 Å². The fourth-order valence-corrected chi connectivity index (χ4v) is 5.70. The van der Waals surface area contributed by atoms with Crippen LogP contribution >= 0.6 is 27.5 Å². The van der Waals surface area contributed by atoms with E-state index in [4.69, 9.17) is 11.6 Å². The Morgan fingerprint density at radius 3 is 2.22 bits per heavy atom. The van der Waals surface area contributed by atoms with Gasteiger partial charge in [-0.3, -0.25) is 4.79 Å². The van der Waals surface area contributed by atoms with Crippen molar-refractivity contribution in [2.75, 3.05) is 29.2 Å². The molecule has 1 fully saturated rings. The zero-order chi connectivity index (χ0) is 24.2. The predicted octanol–water partition coefficient (Wildman–Crippen LogP) is 4.56. The smallest absolute Gasteiger partial charge is 0.428 e. The first-order valence-corrected chi connectivity index (χ1v) is 14.6. The third-order valence-electron chi connectivity index (χ3n) is 4.43. The number of Topliss-reactive ketones (excluding diaryl/α,β-unsaturated/α-hetero) is 1. The van der Waals surface area contributed by atoms with Crippen LogP contribution < -0.4 is 0 Å². The van der Waals surface area contributed by atoms with Crippen molar-refractivity contribution in [1.29, 1.82) is 0 Å². The van der Waals surface area contributed by atoms with Crippen LogP contribution in [0, 0.1) is 0 Å². The van der Waals surface area contributed by atoms with E-state index in [9.17, 15) is 31.3 Å². The lowest BCUT2D eigenvalue weighted by molar-refractivity contribution is -0.161. The topological polar surface area (TPSA) is 101 Å². The fourth-order valence-electron chi connectivity index (χ4n) is 2.66. The van der Waals surface area contributed by atoms with E-state index in [-0.39, 0.29) is 12.4 Å². The van der Waals surface area contributed by atoms with Crippen LogP contribution in [-0.4, -0.2) is 59.2 Å². The minimum atomic E-state index is -6.01. The number of rotatable bonds is 10. The highest BCUT2D eigenvalue weighted by Gasteiger charge is 2.48. The van der Waals surface area contributed by atoms with Gasteiger partial charge in [-0.25, -0.2) is 13.2 Å². The molecule has 1 aliphatic rings. The molecule has 0 unspecified atom stereocenters. The maximum atomic E-state index is 12.5. The standard InChI is InChI=1S/C13H16ClOS.C7H11BrF2O5S/c14-12-6-4-11(5-7-12)13(15)10-16-8-2-1-3-9-16;8-4-2-1-3-5-15-6(11)7(9,10)16(12,13)14/h4-7H,1-3,8-10H2;1-5H2,(H,12,13,14)/q+1;/p-1. The molecular formula is C20H26BrClF2O6S2. The quantitative estimate of drug-likeness (QED) is 0.101. The van der Waals surface area contributed by atoms with Crippen LogP contribution in [0.3, 0.4) is 0 Å². The van der Waals surface area contributed by atoms with Crippen molar-refractivity contribution >= 4 is 60.3 Å². The molecule has 12 heteroatoms. The number of hydrogen-bond acceptors (Lipinski definition) is 6. The van der Waals surface area contributed by atoms with Crippen LogP contribution in [0.25, 0.3) is 0 Å². The Balaban J connectivity index is 0.000000320. The molecule has 1 aliphatic heterocycles. The average molecular weight is 580 g/mol. The van der Waals surface area contributed by atoms with Gasteiger partial charge < -0.3 is 9.29 Å². The average Bonchev–Trinajstić information content (AvgIpc) is 2.74. The van der Waals surface area contributed by atoms with E-state index in [1.807, 2.05) is 12.1 Å². The van der Waals surface area contributed by atoms with Crippen molar-refractivity contribution < 1.29 is 36.1 Å². The molecule has 1 aromatic carbocycles. The number of hydrogen-bond donors (Lipinski definition) is 0. The number of halogens is 4. The largest absolute Gasteiger partial charge is 0.743 e. The van der Waals surface area contributed by atoms with Gasteiger partial charge in [0.2, 0.25) is 5.78 Å². The van der Waals surface area contributed by atoms with Crippen molar-refractivity contribution in [1.82, 2.24) is 0 Å². The SMILES string of the molecule is O=C(C[S+]1CCCCC1)c1ccc(Cl)cc1.O=C(OCCCCCBr)C(F)(F)S(=O)(=O)[O-]. The Kier molecular flexibility index (Phi) is 13.3. The molecule has 0 amide bonds. The van der Waals surface area contributed by atoms with Crippen molar-refractivity contribution in [3.8, 4) is 0 Å². The number of alkyl halides is 3. The molecule has 0 bridgehead atoms. The van der Waals surface area contributed by atoms with Crippen molar-refractivity contribution in [2.45, 2.75) is 43.8 Å². The van der Waals surface area contributed by atoms with E-state index in [2.05, 4.69) is 20.7 Å². The number of carbonyl (C=O) groups excluding carboxylic acids is 2. The first kappa shape index (κ1) is 29.3. The van der Waals surface area contributed by atoms with E-state index < -0.39 is 21.3 Å². The summed E-state index contributed by atoms with van der Waals surface area (Å²) in [5, 5.41) is -3.59. The summed E-state index contributed by atoms with van der Waals surface area (Å²) in [6.07, 6.45) is 5.68. The van der Waals surface area contributed by atoms with Crippen LogP contribution in [0.15, 0.2) is 24.3 Å². The van der Waals surface area contributed by atoms with Gasteiger partial charge in [0.25, 0.3) is 0 Å². The zero-order valence-corrected chi connectivity index (χ0v) is 21.3. The molecule has 0 saturated carbocycles. The Bertz CT molecular complexity index is 831. The number of ketones is 1. The molecule has 0 aromatic heterocycles. The lowest BCUT2D eigenvalue weighted by atomic mass is 10.1. The van der Waals surface area contributed by atoms with E-state index >= 15 is 0 Å². The molecule has 6 nitrogen and oxygen atoms in total. The van der Waals surface area contributed by atoms with Gasteiger partial charge in [-0.1, -0.05) is 27.5 Å². The Hall–Kier alpha value is -0.750. The van der Waals surface area contributed by atoms with Crippen LogP contribution in [-0.2, 0) is 30.5 Å². The van der Waals surface area contributed by atoms with Crippen molar-refractivity contribution in [2.24, 2.45) is 0 Å². The summed E-state index contributed by atoms with van der Waals surface area (Å²) in [5.74, 6) is 1.20. The molecule has 182 valence electrons. The van der Waals surface area contributed by atoms with Gasteiger partial charge in [0.15, 0.2) is 15.9 Å². The lowest BCUT2D eigenvalue weighted by Gasteiger charge is -2.17. The van der Waals surface area contributed by atoms with Crippen LogP contribution in [0.1, 0.15) is 48.9 Å². The van der Waals surface area contributed by atoms with E-state index in [1.165, 1.54) is 30.8 Å². The second-order valence-electron chi connectivity index (χ2n) is 7.01. The third-order valence-corrected chi connectivity index (χ3v) is 8.44. The monoisotopic (exact) mass is 578 g/mol. The lowest BCUT2D eigenvalue weighted by Crippen LogP contribution is -2.39. The molecule has 32 heavy (non-hydrogen) atoms. The molecule has 1 saturated heterocycles. The van der Waals surface area contributed by atoms with Crippen LogP contribution in [0.4, 0.5) is 8.78 Å². The molecule has 0 N–H and O–H groups in total. The van der Waals surface area contributed by atoms with Crippen molar-refractivity contribution in [3.05, 3.63) is 34.9 Å². The molecule has 1 aromatic rings. The third kappa shape index (κ3) is 10.5. The number of benzene rings is 1. The molecule has 0 atom stereocenters. The number of carbonyl (C=O) groups is 2. The summed E-state index contributed by atoms with van der Waals surface area (Å²) in [6, 6.07) is 7.24. The van der Waals surface area contributed by atoms with Gasteiger partial charge >= 0.3 is 11.2 Å². The second kappa shape index (κ2) is 14.5. The van der Waals surface area contributed by atoms with Gasteiger partial charge in [-0.05, 0) is 73.7 Å². The molecular weight excluding hydrogens is 554 g/mol. The number of unbranched alkanes of at least 4 members (excludes halogenated alkanes) is 2. The number of esters is 1. The summed E-state index contributed by atoms with van der Waals surface area (Å²) in [4.78, 5) is 22.6. The first-order chi connectivity index (χ1) is 15.0. The molecule has 0 aliphatic carbocycles. The maximum absolute atomic E-state index is 12.5. The van der Waals surface area contributed by atoms with Crippen molar-refractivity contribution in [3.63, 3.8) is 0 Å². The minimum Gasteiger partial charge on any atom is -0.743 e. The van der Waals surface area contributed by atoms with Gasteiger partial charge in [0.1, 0.15) is 11.5 Å². The Morgan fingerprint density at radius 2 is 1.69 bits per heavy atom. The zero-order valence-electron chi connectivity index (χ0n) is 17.4. The van der Waals surface area contributed by atoms with E-state index in [1.54, 1.807) is 12.1 Å².